The molecule has 23 heavy (non-hydrogen) atoms. The second-order valence-electron chi connectivity index (χ2n) is 5.21. The first kappa shape index (κ1) is 17.9. The molecule has 0 aliphatic carbocycles. The van der Waals surface area contributed by atoms with Crippen LogP contribution in [0.2, 0.25) is 5.15 Å². The van der Waals surface area contributed by atoms with Gasteiger partial charge in [0.25, 0.3) is 0 Å². The van der Waals surface area contributed by atoms with Gasteiger partial charge in [-0.2, -0.15) is 0 Å². The number of nitrogens with zero attached hydrogens (tertiary/aromatic N) is 2. The molecule has 1 aliphatic rings. The van der Waals surface area contributed by atoms with Crippen LogP contribution in [0.25, 0.3) is 0 Å². The van der Waals surface area contributed by atoms with Crippen molar-refractivity contribution in [3.05, 3.63) is 52.7 Å². The zero-order valence-corrected chi connectivity index (χ0v) is 15.2. The van der Waals surface area contributed by atoms with E-state index in [1.807, 2.05) is 44.3 Å². The van der Waals surface area contributed by atoms with E-state index in [-0.39, 0.29) is 0 Å². The predicted molar refractivity (Wildman–Crippen MR) is 103 cm³/mol. The number of halogens is 1. The normalized spacial score (nSPS) is 15.4. The molecule has 0 spiro atoms. The van der Waals surface area contributed by atoms with Crippen LogP contribution in [0.15, 0.2) is 47.5 Å². The van der Waals surface area contributed by atoms with Crippen molar-refractivity contribution in [2.24, 2.45) is 0 Å². The van der Waals surface area contributed by atoms with Gasteiger partial charge in [-0.1, -0.05) is 24.3 Å². The zero-order valence-electron chi connectivity index (χ0n) is 13.6. The molecule has 1 aliphatic heterocycles. The molecule has 2 heterocycles. The molecular weight excluding hydrogens is 328 g/mol. The van der Waals surface area contributed by atoms with E-state index in [1.165, 1.54) is 12.8 Å². The molecule has 0 radical (unpaired) electrons. The van der Waals surface area contributed by atoms with Crippen molar-refractivity contribution < 1.29 is 0 Å². The molecule has 4 nitrogen and oxygen atoms in total. The van der Waals surface area contributed by atoms with Crippen molar-refractivity contribution in [1.29, 1.82) is 0 Å². The number of allylic oxidation sites excluding steroid dienone is 3. The summed E-state index contributed by atoms with van der Waals surface area (Å²) in [5.41, 5.74) is 1.88. The highest BCUT2D eigenvalue weighted by atomic mass is 35.5. The van der Waals surface area contributed by atoms with E-state index in [0.717, 1.165) is 35.2 Å². The van der Waals surface area contributed by atoms with E-state index in [0.29, 0.717) is 5.15 Å². The Kier molecular flexibility index (Phi) is 7.02. The molecule has 1 saturated heterocycles. The van der Waals surface area contributed by atoms with Gasteiger partial charge < -0.3 is 10.2 Å². The van der Waals surface area contributed by atoms with Crippen LogP contribution in [0.3, 0.4) is 0 Å². The summed E-state index contributed by atoms with van der Waals surface area (Å²) in [5, 5.41) is 3.70. The average molecular weight is 351 g/mol. The largest absolute Gasteiger partial charge is 0.371 e. The fourth-order valence-electron chi connectivity index (χ4n) is 2.40. The summed E-state index contributed by atoms with van der Waals surface area (Å²) in [6.45, 7) is 8.17. The Morgan fingerprint density at radius 2 is 2.09 bits per heavy atom. The Hall–Kier alpha value is -1.43. The molecule has 2 N–H and O–H groups in total. The van der Waals surface area contributed by atoms with E-state index >= 15 is 0 Å². The van der Waals surface area contributed by atoms with Crippen molar-refractivity contribution in [3.63, 3.8) is 0 Å². The lowest BCUT2D eigenvalue weighted by molar-refractivity contribution is 0.949. The fraction of sp³-hybridized carbons (Fsp3) is 0.353. The highest BCUT2D eigenvalue weighted by molar-refractivity contribution is 8.01. The Balaban J connectivity index is 2.04. The summed E-state index contributed by atoms with van der Waals surface area (Å²) in [7, 11) is 1.89. The van der Waals surface area contributed by atoms with Gasteiger partial charge in [0, 0.05) is 35.4 Å². The number of aromatic nitrogens is 1. The number of rotatable bonds is 7. The van der Waals surface area contributed by atoms with Crippen LogP contribution in [0.1, 0.15) is 19.8 Å². The Morgan fingerprint density at radius 3 is 2.74 bits per heavy atom. The lowest BCUT2D eigenvalue weighted by Crippen LogP contribution is -2.18. The van der Waals surface area contributed by atoms with Crippen molar-refractivity contribution in [1.82, 2.24) is 9.71 Å². The Morgan fingerprint density at radius 1 is 1.35 bits per heavy atom. The summed E-state index contributed by atoms with van der Waals surface area (Å²) < 4.78 is 3.05. The number of hydrogen-bond donors (Lipinski definition) is 2. The Labute approximate surface area is 147 Å². The van der Waals surface area contributed by atoms with E-state index in [4.69, 9.17) is 11.6 Å². The highest BCUT2D eigenvalue weighted by Gasteiger charge is 2.14. The number of hydrogen-bond acceptors (Lipinski definition) is 5. The topological polar surface area (TPSA) is 40.2 Å². The fourth-order valence-corrected chi connectivity index (χ4v) is 3.09. The summed E-state index contributed by atoms with van der Waals surface area (Å²) in [4.78, 5) is 7.78. The summed E-state index contributed by atoms with van der Waals surface area (Å²) in [6.07, 6.45) is 8.43. The minimum Gasteiger partial charge on any atom is -0.371 e. The molecule has 6 heteroatoms. The van der Waals surface area contributed by atoms with Gasteiger partial charge in [0.15, 0.2) is 0 Å². The van der Waals surface area contributed by atoms with Gasteiger partial charge in [-0.05, 0) is 57.0 Å². The summed E-state index contributed by atoms with van der Waals surface area (Å²) in [5.74, 6) is 0.720. The third-order valence-corrected chi connectivity index (χ3v) is 4.50. The van der Waals surface area contributed by atoms with Crippen LogP contribution in [0.5, 0.6) is 0 Å². The minimum absolute atomic E-state index is 0.494. The predicted octanol–water partition coefficient (Wildman–Crippen LogP) is 4.59. The summed E-state index contributed by atoms with van der Waals surface area (Å²) >= 11 is 7.72. The van der Waals surface area contributed by atoms with Crippen molar-refractivity contribution in [2.45, 2.75) is 19.8 Å². The second-order valence-corrected chi connectivity index (χ2v) is 6.68. The molecule has 1 aromatic heterocycles. The van der Waals surface area contributed by atoms with Crippen molar-refractivity contribution >= 4 is 35.1 Å². The van der Waals surface area contributed by atoms with Crippen LogP contribution in [0.4, 0.5) is 11.5 Å². The molecule has 0 amide bonds. The van der Waals surface area contributed by atoms with Crippen LogP contribution in [-0.2, 0) is 0 Å². The highest BCUT2D eigenvalue weighted by Crippen LogP contribution is 2.26. The maximum absolute atomic E-state index is 6.16. The van der Waals surface area contributed by atoms with Gasteiger partial charge >= 0.3 is 0 Å². The van der Waals surface area contributed by atoms with Crippen molar-refractivity contribution in [2.75, 3.05) is 30.4 Å². The molecule has 0 atom stereocenters. The second kappa shape index (κ2) is 9.01. The molecule has 0 aromatic carbocycles. The standard InChI is InChI=1S/C17H23ClN4S/c1-4-15(23-19-3)8-7-13(2)20-17-12-14(11-16(18)21-17)22-9-5-6-10-22/h4,7-8,11-12,19H,2,5-6,9-10H2,1,3H3,(H,20,21)/b8-7-,15-4+. The van der Waals surface area contributed by atoms with Gasteiger partial charge in [-0.15, -0.1) is 0 Å². The number of nitrogens with one attached hydrogen (secondary N) is 2. The van der Waals surface area contributed by atoms with E-state index in [1.54, 1.807) is 11.9 Å². The van der Waals surface area contributed by atoms with Crippen LogP contribution in [0, 0.1) is 0 Å². The van der Waals surface area contributed by atoms with Crippen LogP contribution in [-0.4, -0.2) is 25.1 Å². The third kappa shape index (κ3) is 5.61. The zero-order chi connectivity index (χ0) is 16.7. The van der Waals surface area contributed by atoms with Crippen molar-refractivity contribution in [3.8, 4) is 0 Å². The molecule has 0 saturated carbocycles. The van der Waals surface area contributed by atoms with Gasteiger partial charge in [-0.25, -0.2) is 4.98 Å². The molecule has 2 rings (SSSR count). The quantitative estimate of drug-likeness (QED) is 0.427. The first-order chi connectivity index (χ1) is 11.1. The van der Waals surface area contributed by atoms with Gasteiger partial charge in [0.2, 0.25) is 0 Å². The molecule has 0 unspecified atom stereocenters. The monoisotopic (exact) mass is 350 g/mol. The van der Waals surface area contributed by atoms with E-state index in [9.17, 15) is 0 Å². The smallest absolute Gasteiger partial charge is 0.134 e. The number of pyridine rings is 1. The van der Waals surface area contributed by atoms with Crippen LogP contribution < -0.4 is 14.9 Å². The molecular formula is C17H23ClN4S. The lowest BCUT2D eigenvalue weighted by atomic mass is 10.3. The first-order valence-electron chi connectivity index (χ1n) is 7.69. The average Bonchev–Trinajstić information content (AvgIpc) is 3.05. The van der Waals surface area contributed by atoms with Gasteiger partial charge in [0.05, 0.1) is 0 Å². The summed E-state index contributed by atoms with van der Waals surface area (Å²) in [6, 6.07) is 3.94. The number of anilines is 2. The van der Waals surface area contributed by atoms with Crippen LogP contribution >= 0.6 is 23.5 Å². The third-order valence-electron chi connectivity index (χ3n) is 3.49. The first-order valence-corrected chi connectivity index (χ1v) is 8.88. The molecule has 0 bridgehead atoms. The van der Waals surface area contributed by atoms with Gasteiger partial charge in [-0.3, -0.25) is 4.72 Å². The molecule has 124 valence electrons. The Bertz CT molecular complexity index is 607. The van der Waals surface area contributed by atoms with E-state index in [2.05, 4.69) is 26.5 Å². The maximum atomic E-state index is 6.16. The lowest BCUT2D eigenvalue weighted by Gasteiger charge is -2.18. The molecule has 1 aromatic rings. The van der Waals surface area contributed by atoms with E-state index < -0.39 is 0 Å². The minimum atomic E-state index is 0.494. The SMILES string of the molecule is C=C(/C=C\C(=C/C)SNC)Nc1cc(N2CCCC2)cc(Cl)n1. The molecule has 1 fully saturated rings. The van der Waals surface area contributed by atoms with Gasteiger partial charge in [0.1, 0.15) is 11.0 Å². The maximum Gasteiger partial charge on any atom is 0.134 e.